The summed E-state index contributed by atoms with van der Waals surface area (Å²) < 4.78 is 15.0. The third kappa shape index (κ3) is 3.85. The lowest BCUT2D eigenvalue weighted by Gasteiger charge is -2.02. The summed E-state index contributed by atoms with van der Waals surface area (Å²) in [5.41, 5.74) is 1.31. The van der Waals surface area contributed by atoms with Crippen molar-refractivity contribution in [1.82, 2.24) is 0 Å². The lowest BCUT2D eigenvalue weighted by atomic mass is 10.1. The second kappa shape index (κ2) is 7.26. The van der Waals surface area contributed by atoms with E-state index >= 15 is 0 Å². The van der Waals surface area contributed by atoms with Gasteiger partial charge in [-0.05, 0) is 37.3 Å². The van der Waals surface area contributed by atoms with Gasteiger partial charge < -0.3 is 13.9 Å². The summed E-state index contributed by atoms with van der Waals surface area (Å²) in [7, 11) is 1.31. The van der Waals surface area contributed by atoms with Gasteiger partial charge in [0, 0.05) is 11.6 Å². The van der Waals surface area contributed by atoms with Crippen molar-refractivity contribution in [1.29, 1.82) is 0 Å². The molecule has 5 nitrogen and oxygen atoms in total. The van der Waals surface area contributed by atoms with E-state index in [4.69, 9.17) is 9.15 Å². The highest BCUT2D eigenvalue weighted by atomic mass is 16.5. The zero-order valence-corrected chi connectivity index (χ0v) is 12.4. The topological polar surface area (TPSA) is 65.7 Å². The van der Waals surface area contributed by atoms with Crippen LogP contribution in [0.4, 0.5) is 0 Å². The Bertz CT molecular complexity index is 679. The van der Waals surface area contributed by atoms with E-state index in [1.165, 1.54) is 19.3 Å². The van der Waals surface area contributed by atoms with Crippen LogP contribution in [0.2, 0.25) is 0 Å². The average molecular weight is 300 g/mol. The third-order valence-electron chi connectivity index (χ3n) is 2.89. The number of esters is 2. The van der Waals surface area contributed by atoms with Gasteiger partial charge in [-0.3, -0.25) is 0 Å². The maximum Gasteiger partial charge on any atom is 0.338 e. The van der Waals surface area contributed by atoms with E-state index in [0.29, 0.717) is 23.7 Å². The average Bonchev–Trinajstić information content (AvgIpc) is 3.02. The number of methoxy groups -OCH3 is 1. The van der Waals surface area contributed by atoms with Gasteiger partial charge in [-0.2, -0.15) is 0 Å². The summed E-state index contributed by atoms with van der Waals surface area (Å²) >= 11 is 0. The Labute approximate surface area is 128 Å². The van der Waals surface area contributed by atoms with Crippen LogP contribution in [0.15, 0.2) is 46.9 Å². The van der Waals surface area contributed by atoms with Crippen molar-refractivity contribution >= 4 is 18.0 Å². The molecule has 0 saturated carbocycles. The molecule has 0 fully saturated rings. The third-order valence-corrected chi connectivity index (χ3v) is 2.89. The summed E-state index contributed by atoms with van der Waals surface area (Å²) in [4.78, 5) is 22.6. The van der Waals surface area contributed by atoms with Gasteiger partial charge in [0.05, 0.1) is 19.3 Å². The summed E-state index contributed by atoms with van der Waals surface area (Å²) in [5.74, 6) is 0.377. The Balaban J connectivity index is 2.12. The first-order valence-electron chi connectivity index (χ1n) is 6.77. The van der Waals surface area contributed by atoms with Crippen molar-refractivity contribution in [3.63, 3.8) is 0 Å². The quantitative estimate of drug-likeness (QED) is 0.626. The number of ether oxygens (including phenoxy) is 2. The Morgan fingerprint density at radius 2 is 1.86 bits per heavy atom. The van der Waals surface area contributed by atoms with Crippen LogP contribution in [0, 0.1) is 0 Å². The van der Waals surface area contributed by atoms with E-state index in [1.807, 2.05) is 0 Å². The number of carbonyl (C=O) groups is 2. The van der Waals surface area contributed by atoms with Crippen molar-refractivity contribution in [2.24, 2.45) is 0 Å². The second-order valence-electron chi connectivity index (χ2n) is 4.36. The van der Waals surface area contributed by atoms with Crippen molar-refractivity contribution < 1.29 is 23.5 Å². The molecule has 5 heteroatoms. The summed E-state index contributed by atoms with van der Waals surface area (Å²) in [6, 6.07) is 10.4. The van der Waals surface area contributed by atoms with E-state index in [2.05, 4.69) is 4.74 Å². The van der Waals surface area contributed by atoms with E-state index in [1.54, 1.807) is 43.3 Å². The lowest BCUT2D eigenvalue weighted by Crippen LogP contribution is -2.03. The van der Waals surface area contributed by atoms with Crippen LogP contribution in [0.25, 0.3) is 17.4 Å². The van der Waals surface area contributed by atoms with Crippen LogP contribution in [0.5, 0.6) is 0 Å². The van der Waals surface area contributed by atoms with Crippen molar-refractivity contribution in [2.45, 2.75) is 6.92 Å². The number of rotatable bonds is 5. The molecule has 0 saturated heterocycles. The van der Waals surface area contributed by atoms with Gasteiger partial charge >= 0.3 is 11.9 Å². The Morgan fingerprint density at radius 3 is 2.50 bits per heavy atom. The molecule has 2 aromatic rings. The fourth-order valence-electron chi connectivity index (χ4n) is 1.80. The number of hydrogen-bond donors (Lipinski definition) is 0. The summed E-state index contributed by atoms with van der Waals surface area (Å²) in [6.07, 6.45) is 2.81. The first kappa shape index (κ1) is 15.6. The molecule has 1 heterocycles. The van der Waals surface area contributed by atoms with Crippen LogP contribution >= 0.6 is 0 Å². The fraction of sp³-hybridized carbons (Fsp3) is 0.176. The van der Waals surface area contributed by atoms with Gasteiger partial charge in [0.1, 0.15) is 11.5 Å². The molecule has 0 radical (unpaired) electrons. The Morgan fingerprint density at radius 1 is 1.14 bits per heavy atom. The fourth-order valence-corrected chi connectivity index (χ4v) is 1.80. The second-order valence-corrected chi connectivity index (χ2v) is 4.36. The molecule has 0 unspecified atom stereocenters. The number of benzene rings is 1. The van der Waals surface area contributed by atoms with Crippen molar-refractivity contribution in [3.05, 3.63) is 53.8 Å². The molecule has 2 rings (SSSR count). The molecule has 0 aliphatic rings. The Kier molecular flexibility index (Phi) is 5.14. The molecule has 0 spiro atoms. The highest BCUT2D eigenvalue weighted by Gasteiger charge is 2.08. The molecular formula is C17H16O5. The minimum absolute atomic E-state index is 0.342. The van der Waals surface area contributed by atoms with E-state index in [9.17, 15) is 9.59 Å². The van der Waals surface area contributed by atoms with Gasteiger partial charge in [0.15, 0.2) is 0 Å². The van der Waals surface area contributed by atoms with Crippen LogP contribution in [-0.2, 0) is 14.3 Å². The first-order chi connectivity index (χ1) is 10.6. The molecule has 0 N–H and O–H groups in total. The minimum atomic E-state index is -0.447. The number of hydrogen-bond acceptors (Lipinski definition) is 5. The van der Waals surface area contributed by atoms with E-state index in [0.717, 1.165) is 5.56 Å². The lowest BCUT2D eigenvalue weighted by molar-refractivity contribution is -0.134. The van der Waals surface area contributed by atoms with E-state index < -0.39 is 5.97 Å². The number of furan rings is 1. The van der Waals surface area contributed by atoms with Gasteiger partial charge in [-0.1, -0.05) is 12.1 Å². The molecule has 0 bridgehead atoms. The maximum absolute atomic E-state index is 11.6. The monoisotopic (exact) mass is 300 g/mol. The van der Waals surface area contributed by atoms with Gasteiger partial charge in [-0.15, -0.1) is 0 Å². The largest absolute Gasteiger partial charge is 0.466 e. The molecule has 0 amide bonds. The summed E-state index contributed by atoms with van der Waals surface area (Å²) in [5, 5.41) is 0. The first-order valence-corrected chi connectivity index (χ1v) is 6.77. The highest BCUT2D eigenvalue weighted by molar-refractivity contribution is 5.90. The zero-order valence-electron chi connectivity index (χ0n) is 12.4. The number of carbonyl (C=O) groups excluding carboxylic acids is 2. The predicted octanol–water partition coefficient (Wildman–Crippen LogP) is 3.31. The minimum Gasteiger partial charge on any atom is -0.466 e. The predicted molar refractivity (Wildman–Crippen MR) is 81.2 cm³/mol. The Hall–Kier alpha value is -2.82. The molecule has 22 heavy (non-hydrogen) atoms. The van der Waals surface area contributed by atoms with Gasteiger partial charge in [0.25, 0.3) is 0 Å². The van der Waals surface area contributed by atoms with Crippen molar-refractivity contribution in [3.8, 4) is 11.3 Å². The van der Waals surface area contributed by atoms with Crippen LogP contribution in [0.3, 0.4) is 0 Å². The molecule has 1 aromatic heterocycles. The molecule has 0 aliphatic carbocycles. The zero-order chi connectivity index (χ0) is 15.9. The molecule has 114 valence electrons. The molecule has 1 aromatic carbocycles. The van der Waals surface area contributed by atoms with E-state index in [-0.39, 0.29) is 5.97 Å². The van der Waals surface area contributed by atoms with Crippen LogP contribution in [-0.4, -0.2) is 25.7 Å². The van der Waals surface area contributed by atoms with Crippen molar-refractivity contribution in [2.75, 3.05) is 13.7 Å². The maximum atomic E-state index is 11.6. The van der Waals surface area contributed by atoms with Crippen LogP contribution < -0.4 is 0 Å². The standard InChI is InChI=1S/C17H16O5/c1-3-21-17(19)13-6-4-12(5-7-13)15-10-8-14(22-15)9-11-16(18)20-2/h4-11H,3H2,1-2H3/b11-9+. The SMILES string of the molecule is CCOC(=O)c1ccc(-c2ccc(/C=C/C(=O)OC)o2)cc1. The molecule has 0 aliphatic heterocycles. The summed E-state index contributed by atoms with van der Waals surface area (Å²) in [6.45, 7) is 2.10. The van der Waals surface area contributed by atoms with Gasteiger partial charge in [-0.25, -0.2) is 9.59 Å². The molecular weight excluding hydrogens is 284 g/mol. The highest BCUT2D eigenvalue weighted by Crippen LogP contribution is 2.23. The normalized spacial score (nSPS) is 10.6. The smallest absolute Gasteiger partial charge is 0.338 e. The van der Waals surface area contributed by atoms with Crippen LogP contribution in [0.1, 0.15) is 23.0 Å². The van der Waals surface area contributed by atoms with Gasteiger partial charge in [0.2, 0.25) is 0 Å². The molecule has 0 atom stereocenters.